The zero-order valence-electron chi connectivity index (χ0n) is 10.9. The normalized spacial score (nSPS) is 12.6. The number of carbonyl (C=O) groups is 1. The third-order valence-electron chi connectivity index (χ3n) is 2.93. The van der Waals surface area contributed by atoms with E-state index in [4.69, 9.17) is 0 Å². The molecule has 1 aromatic carbocycles. The monoisotopic (exact) mass is 237 g/mol. The second kappa shape index (κ2) is 5.80. The van der Waals surface area contributed by atoms with Crippen molar-refractivity contribution in [3.05, 3.63) is 35.1 Å². The van der Waals surface area contributed by atoms with Crippen molar-refractivity contribution >= 4 is 5.91 Å². The van der Waals surface area contributed by atoms with Gasteiger partial charge in [0.15, 0.2) is 0 Å². The summed E-state index contributed by atoms with van der Waals surface area (Å²) in [5, 5.41) is 2.87. The molecule has 0 heterocycles. The Morgan fingerprint density at radius 2 is 2.06 bits per heavy atom. The van der Waals surface area contributed by atoms with Crippen LogP contribution in [0.3, 0.4) is 0 Å². The van der Waals surface area contributed by atoms with E-state index in [-0.39, 0.29) is 17.5 Å². The first-order valence-corrected chi connectivity index (χ1v) is 6.02. The van der Waals surface area contributed by atoms with Crippen LogP contribution in [0.25, 0.3) is 0 Å². The van der Waals surface area contributed by atoms with Gasteiger partial charge in [0.1, 0.15) is 5.82 Å². The van der Waals surface area contributed by atoms with Gasteiger partial charge in [0.05, 0.1) is 5.56 Å². The average molecular weight is 237 g/mol. The molecule has 0 aliphatic carbocycles. The van der Waals surface area contributed by atoms with Crippen molar-refractivity contribution in [3.8, 4) is 0 Å². The van der Waals surface area contributed by atoms with Crippen LogP contribution in [-0.4, -0.2) is 11.9 Å². The van der Waals surface area contributed by atoms with E-state index in [1.807, 2.05) is 27.7 Å². The Balaban J connectivity index is 2.86. The van der Waals surface area contributed by atoms with Gasteiger partial charge in [-0.3, -0.25) is 4.79 Å². The van der Waals surface area contributed by atoms with Gasteiger partial charge in [0.2, 0.25) is 0 Å². The minimum absolute atomic E-state index is 0.0856. The zero-order chi connectivity index (χ0) is 13.0. The summed E-state index contributed by atoms with van der Waals surface area (Å²) in [7, 11) is 0. The van der Waals surface area contributed by atoms with Crippen molar-refractivity contribution in [1.29, 1.82) is 0 Å². The molecule has 0 bridgehead atoms. The maximum absolute atomic E-state index is 13.5. The lowest BCUT2D eigenvalue weighted by atomic mass is 10.0. The molecule has 0 radical (unpaired) electrons. The molecular formula is C14H20FNO. The maximum atomic E-state index is 13.5. The minimum atomic E-state index is -0.466. The van der Waals surface area contributed by atoms with Crippen LogP contribution in [0.2, 0.25) is 0 Å². The highest BCUT2D eigenvalue weighted by molar-refractivity contribution is 5.94. The quantitative estimate of drug-likeness (QED) is 0.855. The molecule has 17 heavy (non-hydrogen) atoms. The fourth-order valence-electron chi connectivity index (χ4n) is 1.80. The van der Waals surface area contributed by atoms with Crippen molar-refractivity contribution in [3.63, 3.8) is 0 Å². The van der Waals surface area contributed by atoms with Gasteiger partial charge in [-0.15, -0.1) is 0 Å². The molecule has 0 aromatic heterocycles. The van der Waals surface area contributed by atoms with E-state index < -0.39 is 5.82 Å². The lowest BCUT2D eigenvalue weighted by Crippen LogP contribution is -2.38. The van der Waals surface area contributed by atoms with Gasteiger partial charge < -0.3 is 5.32 Å². The Labute approximate surface area is 102 Å². The van der Waals surface area contributed by atoms with Crippen LogP contribution < -0.4 is 5.32 Å². The van der Waals surface area contributed by atoms with Crippen molar-refractivity contribution in [2.45, 2.75) is 40.2 Å². The summed E-state index contributed by atoms with van der Waals surface area (Å²) in [5.74, 6) is -0.449. The molecule has 3 heteroatoms. The summed E-state index contributed by atoms with van der Waals surface area (Å²) in [5.41, 5.74) is 1.01. The van der Waals surface area contributed by atoms with Gasteiger partial charge in [-0.2, -0.15) is 0 Å². The van der Waals surface area contributed by atoms with Crippen molar-refractivity contribution in [2.24, 2.45) is 5.92 Å². The molecule has 1 rings (SSSR count). The lowest BCUT2D eigenvalue weighted by molar-refractivity contribution is 0.0920. The molecule has 0 aliphatic rings. The third kappa shape index (κ3) is 3.55. The summed E-state index contributed by atoms with van der Waals surface area (Å²) in [6, 6.07) is 4.66. The maximum Gasteiger partial charge on any atom is 0.254 e. The molecule has 1 atom stereocenters. The van der Waals surface area contributed by atoms with Crippen LogP contribution in [0, 0.1) is 18.7 Å². The van der Waals surface area contributed by atoms with Gasteiger partial charge >= 0.3 is 0 Å². The fourth-order valence-corrected chi connectivity index (χ4v) is 1.80. The first kappa shape index (κ1) is 13.7. The Bertz CT molecular complexity index is 401. The summed E-state index contributed by atoms with van der Waals surface area (Å²) in [4.78, 5) is 11.9. The van der Waals surface area contributed by atoms with Gasteiger partial charge in [0, 0.05) is 6.04 Å². The summed E-state index contributed by atoms with van der Waals surface area (Å²) < 4.78 is 13.5. The number of hydrogen-bond acceptors (Lipinski definition) is 1. The lowest BCUT2D eigenvalue weighted by Gasteiger charge is -2.20. The van der Waals surface area contributed by atoms with E-state index in [2.05, 4.69) is 5.32 Å². The van der Waals surface area contributed by atoms with Crippen molar-refractivity contribution in [2.75, 3.05) is 0 Å². The molecule has 0 saturated carbocycles. The van der Waals surface area contributed by atoms with Crippen LogP contribution in [0.1, 0.15) is 43.1 Å². The molecule has 0 aliphatic heterocycles. The van der Waals surface area contributed by atoms with E-state index in [0.29, 0.717) is 5.92 Å². The number of halogens is 1. The van der Waals surface area contributed by atoms with E-state index >= 15 is 0 Å². The van der Waals surface area contributed by atoms with E-state index in [1.54, 1.807) is 12.1 Å². The Morgan fingerprint density at radius 3 is 2.59 bits per heavy atom. The number of hydrogen-bond donors (Lipinski definition) is 1. The van der Waals surface area contributed by atoms with E-state index in [1.165, 1.54) is 6.07 Å². The third-order valence-corrected chi connectivity index (χ3v) is 2.93. The summed E-state index contributed by atoms with van der Waals surface area (Å²) in [6.07, 6.45) is 0.844. The fraction of sp³-hybridized carbons (Fsp3) is 0.500. The molecule has 0 spiro atoms. The Kier molecular flexibility index (Phi) is 4.67. The standard InChI is InChI=1S/C14H20FNO/c1-5-13(9(2)3)16-14(17)11-8-10(4)6-7-12(11)15/h6-9,13H,5H2,1-4H3,(H,16,17). The molecule has 1 N–H and O–H groups in total. The summed E-state index contributed by atoms with van der Waals surface area (Å²) >= 11 is 0. The molecule has 0 fully saturated rings. The molecule has 1 amide bonds. The Morgan fingerprint density at radius 1 is 1.41 bits per heavy atom. The number of nitrogens with one attached hydrogen (secondary N) is 1. The molecule has 1 aromatic rings. The van der Waals surface area contributed by atoms with Crippen LogP contribution in [-0.2, 0) is 0 Å². The minimum Gasteiger partial charge on any atom is -0.349 e. The Hall–Kier alpha value is -1.38. The largest absolute Gasteiger partial charge is 0.349 e. The molecule has 0 saturated heterocycles. The van der Waals surface area contributed by atoms with Gasteiger partial charge in [-0.25, -0.2) is 4.39 Å². The first-order valence-electron chi connectivity index (χ1n) is 6.02. The number of rotatable bonds is 4. The first-order chi connectivity index (χ1) is 7.95. The molecule has 2 nitrogen and oxygen atoms in total. The van der Waals surface area contributed by atoms with Crippen LogP contribution >= 0.6 is 0 Å². The van der Waals surface area contributed by atoms with E-state index in [0.717, 1.165) is 12.0 Å². The zero-order valence-corrected chi connectivity index (χ0v) is 10.9. The van der Waals surface area contributed by atoms with Gasteiger partial charge in [0.25, 0.3) is 5.91 Å². The predicted octanol–water partition coefficient (Wildman–Crippen LogP) is 3.30. The smallest absolute Gasteiger partial charge is 0.254 e. The highest BCUT2D eigenvalue weighted by Gasteiger charge is 2.17. The topological polar surface area (TPSA) is 29.1 Å². The average Bonchev–Trinajstić information content (AvgIpc) is 2.28. The number of benzene rings is 1. The summed E-state index contributed by atoms with van der Waals surface area (Å²) in [6.45, 7) is 7.94. The van der Waals surface area contributed by atoms with Crippen LogP contribution in [0.4, 0.5) is 4.39 Å². The van der Waals surface area contributed by atoms with Gasteiger partial charge in [-0.05, 0) is 31.4 Å². The highest BCUT2D eigenvalue weighted by atomic mass is 19.1. The molecule has 94 valence electrons. The SMILES string of the molecule is CCC(NC(=O)c1cc(C)ccc1F)C(C)C. The number of carbonyl (C=O) groups excluding carboxylic acids is 1. The van der Waals surface area contributed by atoms with Crippen molar-refractivity contribution in [1.82, 2.24) is 5.32 Å². The molecular weight excluding hydrogens is 217 g/mol. The van der Waals surface area contributed by atoms with Crippen LogP contribution in [0.15, 0.2) is 18.2 Å². The highest BCUT2D eigenvalue weighted by Crippen LogP contribution is 2.12. The van der Waals surface area contributed by atoms with Crippen LogP contribution in [0.5, 0.6) is 0 Å². The van der Waals surface area contributed by atoms with Gasteiger partial charge in [-0.1, -0.05) is 32.4 Å². The molecule has 1 unspecified atom stereocenters. The number of amides is 1. The second-order valence-electron chi connectivity index (χ2n) is 4.72. The van der Waals surface area contributed by atoms with E-state index in [9.17, 15) is 9.18 Å². The second-order valence-corrected chi connectivity index (χ2v) is 4.72. The van der Waals surface area contributed by atoms with Crippen molar-refractivity contribution < 1.29 is 9.18 Å². The number of aryl methyl sites for hydroxylation is 1. The predicted molar refractivity (Wildman–Crippen MR) is 67.5 cm³/mol.